The van der Waals surface area contributed by atoms with Crippen LogP contribution in [0.5, 0.6) is 11.5 Å². The fraction of sp³-hybridized carbons (Fsp3) is 0. The van der Waals surface area contributed by atoms with Crippen LogP contribution < -0.4 is 4.74 Å². The van der Waals surface area contributed by atoms with E-state index in [9.17, 15) is 13.6 Å². The molecule has 0 aliphatic heterocycles. The molecule has 3 rings (SSSR count). The molecule has 0 spiro atoms. The van der Waals surface area contributed by atoms with E-state index in [1.165, 1.54) is 12.1 Å². The molecule has 0 amide bonds. The van der Waals surface area contributed by atoms with E-state index in [4.69, 9.17) is 4.74 Å². The van der Waals surface area contributed by atoms with Gasteiger partial charge in [-0.2, -0.15) is 0 Å². The van der Waals surface area contributed by atoms with Gasteiger partial charge in [-0.1, -0.05) is 18.2 Å². The predicted octanol–water partition coefficient (Wildman–Crippen LogP) is 4.99. The van der Waals surface area contributed by atoms with Crippen LogP contribution in [0.15, 0.2) is 72.8 Å². The van der Waals surface area contributed by atoms with Crippen molar-refractivity contribution >= 4 is 5.78 Å². The Morgan fingerprint density at radius 2 is 1.43 bits per heavy atom. The van der Waals surface area contributed by atoms with Crippen LogP contribution >= 0.6 is 0 Å². The lowest BCUT2D eigenvalue weighted by Crippen LogP contribution is -2.04. The highest BCUT2D eigenvalue weighted by molar-refractivity contribution is 6.09. The summed E-state index contributed by atoms with van der Waals surface area (Å²) in [5.41, 5.74) is -0.0309. The fourth-order valence-corrected chi connectivity index (χ4v) is 2.13. The van der Waals surface area contributed by atoms with Gasteiger partial charge in [-0.3, -0.25) is 4.79 Å². The van der Waals surface area contributed by atoms with Gasteiger partial charge < -0.3 is 4.74 Å². The van der Waals surface area contributed by atoms with Crippen molar-refractivity contribution in [2.75, 3.05) is 0 Å². The number of benzene rings is 3. The van der Waals surface area contributed by atoms with Crippen LogP contribution in [0, 0.1) is 11.6 Å². The van der Waals surface area contributed by atoms with Crippen molar-refractivity contribution in [1.82, 2.24) is 0 Å². The summed E-state index contributed by atoms with van der Waals surface area (Å²) in [6.45, 7) is 0. The van der Waals surface area contributed by atoms with Gasteiger partial charge in [-0.25, -0.2) is 8.78 Å². The second-order valence-corrected chi connectivity index (χ2v) is 4.89. The first-order chi connectivity index (χ1) is 11.1. The van der Waals surface area contributed by atoms with Crippen molar-refractivity contribution in [2.45, 2.75) is 0 Å². The van der Waals surface area contributed by atoms with E-state index in [1.807, 2.05) is 18.2 Å². The van der Waals surface area contributed by atoms with Gasteiger partial charge in [0.05, 0.1) is 5.56 Å². The van der Waals surface area contributed by atoms with Gasteiger partial charge in [0.2, 0.25) is 0 Å². The first kappa shape index (κ1) is 14.9. The molecule has 0 heterocycles. The summed E-state index contributed by atoms with van der Waals surface area (Å²) in [4.78, 5) is 12.2. The second kappa shape index (κ2) is 6.40. The number of carbonyl (C=O) groups excluding carboxylic acids is 1. The van der Waals surface area contributed by atoms with Gasteiger partial charge in [0.25, 0.3) is 0 Å². The van der Waals surface area contributed by atoms with Gasteiger partial charge in [0.15, 0.2) is 5.78 Å². The van der Waals surface area contributed by atoms with Crippen LogP contribution in [0.3, 0.4) is 0 Å². The first-order valence-corrected chi connectivity index (χ1v) is 6.96. The molecule has 0 saturated carbocycles. The molecule has 0 fully saturated rings. The molecule has 2 nitrogen and oxygen atoms in total. The zero-order valence-electron chi connectivity index (χ0n) is 12.0. The monoisotopic (exact) mass is 310 g/mol. The Morgan fingerprint density at radius 3 is 2.13 bits per heavy atom. The Morgan fingerprint density at radius 1 is 0.783 bits per heavy atom. The molecular formula is C19H12F2O2. The number of halogens is 2. The van der Waals surface area contributed by atoms with Crippen LogP contribution in [0.25, 0.3) is 0 Å². The molecule has 4 heteroatoms. The van der Waals surface area contributed by atoms with E-state index in [0.717, 1.165) is 18.2 Å². The summed E-state index contributed by atoms with van der Waals surface area (Å²) in [5.74, 6) is -0.761. The Hall–Kier alpha value is -3.01. The predicted molar refractivity (Wildman–Crippen MR) is 82.7 cm³/mol. The lowest BCUT2D eigenvalue weighted by atomic mass is 10.0. The molecule has 23 heavy (non-hydrogen) atoms. The minimum absolute atomic E-state index is 0.259. The summed E-state index contributed by atoms with van der Waals surface area (Å²) < 4.78 is 32.5. The molecule has 0 aliphatic rings. The molecule has 0 radical (unpaired) electrons. The Balaban J connectivity index is 1.82. The zero-order chi connectivity index (χ0) is 16.2. The van der Waals surface area contributed by atoms with Crippen molar-refractivity contribution in [3.8, 4) is 11.5 Å². The number of carbonyl (C=O) groups is 1. The molecule has 0 saturated heterocycles. The lowest BCUT2D eigenvalue weighted by molar-refractivity contribution is 0.103. The van der Waals surface area contributed by atoms with Gasteiger partial charge >= 0.3 is 0 Å². The number of para-hydroxylation sites is 1. The average molecular weight is 310 g/mol. The van der Waals surface area contributed by atoms with E-state index in [-0.39, 0.29) is 11.1 Å². The van der Waals surface area contributed by atoms with E-state index >= 15 is 0 Å². The molecule has 0 bridgehead atoms. The SMILES string of the molecule is O=C(c1ccc(Oc2ccccc2)cc1)c1cc(F)ccc1F. The molecule has 0 atom stereocenters. The molecule has 0 N–H and O–H groups in total. The van der Waals surface area contributed by atoms with E-state index in [2.05, 4.69) is 0 Å². The van der Waals surface area contributed by atoms with Crippen LogP contribution in [-0.2, 0) is 0 Å². The zero-order valence-corrected chi connectivity index (χ0v) is 12.0. The standard InChI is InChI=1S/C19H12F2O2/c20-14-8-11-18(21)17(12-14)19(22)13-6-9-16(10-7-13)23-15-4-2-1-3-5-15/h1-12H. The summed E-state index contributed by atoms with van der Waals surface area (Å²) in [5, 5.41) is 0. The molecule has 3 aromatic carbocycles. The summed E-state index contributed by atoms with van der Waals surface area (Å²) >= 11 is 0. The van der Waals surface area contributed by atoms with Crippen LogP contribution in [0.2, 0.25) is 0 Å². The van der Waals surface area contributed by atoms with E-state index < -0.39 is 17.4 Å². The quantitative estimate of drug-likeness (QED) is 0.635. The van der Waals surface area contributed by atoms with Crippen molar-refractivity contribution in [1.29, 1.82) is 0 Å². The number of ether oxygens (including phenoxy) is 1. The Bertz CT molecular complexity index is 828. The molecule has 114 valence electrons. The van der Waals surface area contributed by atoms with Gasteiger partial charge in [-0.05, 0) is 54.6 Å². The average Bonchev–Trinajstić information content (AvgIpc) is 2.58. The van der Waals surface area contributed by atoms with E-state index in [0.29, 0.717) is 11.5 Å². The highest BCUT2D eigenvalue weighted by atomic mass is 19.1. The van der Waals surface area contributed by atoms with E-state index in [1.54, 1.807) is 24.3 Å². The maximum atomic E-state index is 13.7. The largest absolute Gasteiger partial charge is 0.457 e. The van der Waals surface area contributed by atoms with Crippen LogP contribution in [0.1, 0.15) is 15.9 Å². The topological polar surface area (TPSA) is 26.3 Å². The molecule has 3 aromatic rings. The maximum Gasteiger partial charge on any atom is 0.196 e. The molecule has 0 unspecified atom stereocenters. The Labute approximate surface area is 132 Å². The Kier molecular flexibility index (Phi) is 4.15. The first-order valence-electron chi connectivity index (χ1n) is 6.96. The van der Waals surface area contributed by atoms with Crippen molar-refractivity contribution < 1.29 is 18.3 Å². The maximum absolute atomic E-state index is 13.7. The number of hydrogen-bond donors (Lipinski definition) is 0. The van der Waals surface area contributed by atoms with Crippen molar-refractivity contribution in [3.05, 3.63) is 95.6 Å². The highest BCUT2D eigenvalue weighted by Gasteiger charge is 2.15. The smallest absolute Gasteiger partial charge is 0.196 e. The van der Waals surface area contributed by atoms with Gasteiger partial charge in [0.1, 0.15) is 23.1 Å². The molecular weight excluding hydrogens is 298 g/mol. The molecule has 0 aromatic heterocycles. The third-order valence-corrected chi connectivity index (χ3v) is 3.27. The minimum atomic E-state index is -0.749. The fourth-order valence-electron chi connectivity index (χ4n) is 2.13. The van der Waals surface area contributed by atoms with Crippen molar-refractivity contribution in [3.63, 3.8) is 0 Å². The summed E-state index contributed by atoms with van der Waals surface area (Å²) in [6.07, 6.45) is 0. The third kappa shape index (κ3) is 3.43. The van der Waals surface area contributed by atoms with Gasteiger partial charge in [-0.15, -0.1) is 0 Å². The lowest BCUT2D eigenvalue weighted by Gasteiger charge is -2.07. The summed E-state index contributed by atoms with van der Waals surface area (Å²) in [7, 11) is 0. The number of ketones is 1. The molecule has 0 aliphatic carbocycles. The minimum Gasteiger partial charge on any atom is -0.457 e. The van der Waals surface area contributed by atoms with Crippen LogP contribution in [-0.4, -0.2) is 5.78 Å². The second-order valence-electron chi connectivity index (χ2n) is 4.89. The number of rotatable bonds is 4. The number of hydrogen-bond acceptors (Lipinski definition) is 2. The van der Waals surface area contributed by atoms with Crippen LogP contribution in [0.4, 0.5) is 8.78 Å². The van der Waals surface area contributed by atoms with Gasteiger partial charge in [0, 0.05) is 5.56 Å². The highest BCUT2D eigenvalue weighted by Crippen LogP contribution is 2.22. The summed E-state index contributed by atoms with van der Waals surface area (Å²) in [6, 6.07) is 18.2. The normalized spacial score (nSPS) is 10.3. The van der Waals surface area contributed by atoms with Crippen molar-refractivity contribution in [2.24, 2.45) is 0 Å². The third-order valence-electron chi connectivity index (χ3n) is 3.27.